The van der Waals surface area contributed by atoms with Gasteiger partial charge in [-0.2, -0.15) is 0 Å². The van der Waals surface area contributed by atoms with Crippen LogP contribution < -0.4 is 10.0 Å². The summed E-state index contributed by atoms with van der Waals surface area (Å²) >= 11 is 0. The maximum atomic E-state index is 13.8. The van der Waals surface area contributed by atoms with E-state index in [1.165, 1.54) is 19.1 Å². The predicted molar refractivity (Wildman–Crippen MR) is 75.6 cm³/mol. The van der Waals surface area contributed by atoms with Gasteiger partial charge in [-0.3, -0.25) is 0 Å². The number of nitrogens with one attached hydrogen (secondary N) is 2. The minimum Gasteiger partial charge on any atom is -0.385 e. The molecular formula is C13H21FN2O3S. The summed E-state index contributed by atoms with van der Waals surface area (Å²) in [4.78, 5) is -0.0137. The first-order chi connectivity index (χ1) is 9.42. The van der Waals surface area contributed by atoms with E-state index in [0.717, 1.165) is 0 Å². The van der Waals surface area contributed by atoms with Crippen LogP contribution in [0.2, 0.25) is 0 Å². The molecule has 0 saturated carbocycles. The Morgan fingerprint density at radius 2 is 2.05 bits per heavy atom. The summed E-state index contributed by atoms with van der Waals surface area (Å²) in [5, 5.41) is 2.87. The smallest absolute Gasteiger partial charge is 0.240 e. The van der Waals surface area contributed by atoms with E-state index >= 15 is 0 Å². The molecule has 20 heavy (non-hydrogen) atoms. The molecule has 5 nitrogen and oxygen atoms in total. The highest BCUT2D eigenvalue weighted by Gasteiger charge is 2.19. The number of methoxy groups -OCH3 is 1. The highest BCUT2D eigenvalue weighted by atomic mass is 32.2. The molecule has 0 bridgehead atoms. The summed E-state index contributed by atoms with van der Waals surface area (Å²) in [6.07, 6.45) is 0.563. The number of hydrogen-bond donors (Lipinski definition) is 2. The fourth-order valence-electron chi connectivity index (χ4n) is 1.79. The van der Waals surface area contributed by atoms with Crippen molar-refractivity contribution in [1.82, 2.24) is 10.0 Å². The molecular weight excluding hydrogens is 283 g/mol. The molecule has 0 spiro atoms. The van der Waals surface area contributed by atoms with Crippen molar-refractivity contribution >= 4 is 10.0 Å². The minimum absolute atomic E-state index is 0.0137. The van der Waals surface area contributed by atoms with E-state index < -0.39 is 15.8 Å². The van der Waals surface area contributed by atoms with Crippen molar-refractivity contribution in [3.05, 3.63) is 29.1 Å². The number of halogens is 1. The molecule has 1 aromatic carbocycles. The van der Waals surface area contributed by atoms with Crippen molar-refractivity contribution in [3.8, 4) is 0 Å². The fourth-order valence-corrected chi connectivity index (χ4v) is 3.17. The van der Waals surface area contributed by atoms with Crippen LogP contribution in [0.5, 0.6) is 0 Å². The van der Waals surface area contributed by atoms with Gasteiger partial charge in [0.15, 0.2) is 0 Å². The predicted octanol–water partition coefficient (Wildman–Crippen LogP) is 1.17. The Labute approximate surface area is 119 Å². The van der Waals surface area contributed by atoms with E-state index in [2.05, 4.69) is 10.0 Å². The molecule has 0 aliphatic heterocycles. The van der Waals surface area contributed by atoms with Gasteiger partial charge in [0.2, 0.25) is 10.0 Å². The first-order valence-corrected chi connectivity index (χ1v) is 7.83. The van der Waals surface area contributed by atoms with Crippen LogP contribution in [0.25, 0.3) is 0 Å². The first-order valence-electron chi connectivity index (χ1n) is 6.34. The minimum atomic E-state index is -3.71. The zero-order chi connectivity index (χ0) is 15.2. The second-order valence-corrected chi connectivity index (χ2v) is 6.21. The van der Waals surface area contributed by atoms with Crippen LogP contribution in [0.15, 0.2) is 17.0 Å². The summed E-state index contributed by atoms with van der Waals surface area (Å²) < 4.78 is 45.5. The summed E-state index contributed by atoms with van der Waals surface area (Å²) in [5.41, 5.74) is 0.719. The average molecular weight is 304 g/mol. The molecule has 114 valence electrons. The van der Waals surface area contributed by atoms with Crippen molar-refractivity contribution < 1.29 is 17.5 Å². The third-order valence-corrected chi connectivity index (χ3v) is 4.43. The van der Waals surface area contributed by atoms with Gasteiger partial charge in [0.25, 0.3) is 0 Å². The molecule has 0 saturated heterocycles. The molecule has 0 radical (unpaired) electrons. The molecule has 0 atom stereocenters. The van der Waals surface area contributed by atoms with Gasteiger partial charge in [0, 0.05) is 32.4 Å². The number of rotatable bonds is 8. The maximum Gasteiger partial charge on any atom is 0.240 e. The van der Waals surface area contributed by atoms with E-state index in [0.29, 0.717) is 25.1 Å². The molecule has 2 N–H and O–H groups in total. The third-order valence-electron chi connectivity index (χ3n) is 2.84. The molecule has 0 amide bonds. The number of ether oxygens (including phenoxy) is 1. The molecule has 0 aliphatic rings. The van der Waals surface area contributed by atoms with Crippen molar-refractivity contribution in [2.24, 2.45) is 0 Å². The Morgan fingerprint density at radius 3 is 2.65 bits per heavy atom. The number of sulfonamides is 1. The van der Waals surface area contributed by atoms with E-state index in [9.17, 15) is 12.8 Å². The van der Waals surface area contributed by atoms with Crippen molar-refractivity contribution in [1.29, 1.82) is 0 Å². The van der Waals surface area contributed by atoms with Gasteiger partial charge in [-0.1, -0.05) is 0 Å². The Bertz CT molecular complexity index is 547. The second-order valence-electron chi connectivity index (χ2n) is 4.48. The van der Waals surface area contributed by atoms with Crippen LogP contribution >= 0.6 is 0 Å². The zero-order valence-corrected chi connectivity index (χ0v) is 12.8. The zero-order valence-electron chi connectivity index (χ0n) is 12.0. The van der Waals surface area contributed by atoms with Crippen molar-refractivity contribution in [2.75, 3.05) is 27.3 Å². The van der Waals surface area contributed by atoms with Gasteiger partial charge in [-0.15, -0.1) is 0 Å². The topological polar surface area (TPSA) is 67.4 Å². The lowest BCUT2D eigenvalue weighted by Crippen LogP contribution is -2.26. The lowest BCUT2D eigenvalue weighted by atomic mass is 10.1. The molecule has 0 aliphatic carbocycles. The molecule has 1 rings (SSSR count). The van der Waals surface area contributed by atoms with Crippen LogP contribution in [0.3, 0.4) is 0 Å². The van der Waals surface area contributed by atoms with Crippen LogP contribution in [0.1, 0.15) is 17.5 Å². The quantitative estimate of drug-likeness (QED) is 0.708. The molecule has 0 fully saturated rings. The normalized spacial score (nSPS) is 11.8. The molecule has 0 aromatic heterocycles. The fraction of sp³-hybridized carbons (Fsp3) is 0.538. The van der Waals surface area contributed by atoms with Gasteiger partial charge < -0.3 is 10.1 Å². The standard InChI is InChI=1S/C13H21FN2O3S/c1-10-12(14)7-11(9-15-2)8-13(10)20(17,18)16-5-4-6-19-3/h7-8,15-16H,4-6,9H2,1-3H3. The van der Waals surface area contributed by atoms with Gasteiger partial charge in [-0.05, 0) is 38.1 Å². The Kier molecular flexibility index (Phi) is 6.54. The van der Waals surface area contributed by atoms with Gasteiger partial charge in [0.1, 0.15) is 5.82 Å². The molecule has 1 aromatic rings. The Morgan fingerprint density at radius 1 is 1.35 bits per heavy atom. The van der Waals surface area contributed by atoms with Crippen LogP contribution in [0.4, 0.5) is 4.39 Å². The Balaban J connectivity index is 2.98. The lowest BCUT2D eigenvalue weighted by molar-refractivity contribution is 0.196. The van der Waals surface area contributed by atoms with E-state index in [-0.39, 0.29) is 17.0 Å². The van der Waals surface area contributed by atoms with E-state index in [4.69, 9.17) is 4.74 Å². The number of hydrogen-bond acceptors (Lipinski definition) is 4. The SMILES string of the molecule is CNCc1cc(F)c(C)c(S(=O)(=O)NCCCOC)c1. The van der Waals surface area contributed by atoms with Crippen molar-refractivity contribution in [3.63, 3.8) is 0 Å². The van der Waals surface area contributed by atoms with Crippen LogP contribution in [-0.2, 0) is 21.3 Å². The summed E-state index contributed by atoms with van der Waals surface area (Å²) in [5.74, 6) is -0.519. The van der Waals surface area contributed by atoms with Crippen molar-refractivity contribution in [2.45, 2.75) is 24.8 Å². The monoisotopic (exact) mass is 304 g/mol. The first kappa shape index (κ1) is 17.0. The van der Waals surface area contributed by atoms with E-state index in [1.807, 2.05) is 0 Å². The van der Waals surface area contributed by atoms with Crippen LogP contribution in [-0.4, -0.2) is 35.7 Å². The molecule has 0 unspecified atom stereocenters. The third kappa shape index (κ3) is 4.52. The lowest BCUT2D eigenvalue weighted by Gasteiger charge is -2.12. The van der Waals surface area contributed by atoms with Gasteiger partial charge in [0.05, 0.1) is 4.90 Å². The Hall–Kier alpha value is -1.02. The average Bonchev–Trinajstić information content (AvgIpc) is 2.39. The second kappa shape index (κ2) is 7.68. The summed E-state index contributed by atoms with van der Waals surface area (Å²) in [6, 6.07) is 2.84. The summed E-state index contributed by atoms with van der Waals surface area (Å²) in [7, 11) is -0.440. The van der Waals surface area contributed by atoms with Crippen LogP contribution in [0, 0.1) is 12.7 Å². The number of benzene rings is 1. The van der Waals surface area contributed by atoms with Gasteiger partial charge >= 0.3 is 0 Å². The summed E-state index contributed by atoms with van der Waals surface area (Å²) in [6.45, 7) is 2.59. The molecule has 0 heterocycles. The molecule has 7 heteroatoms. The highest BCUT2D eigenvalue weighted by Crippen LogP contribution is 2.20. The van der Waals surface area contributed by atoms with Gasteiger partial charge in [-0.25, -0.2) is 17.5 Å². The maximum absolute atomic E-state index is 13.8. The van der Waals surface area contributed by atoms with E-state index in [1.54, 1.807) is 14.2 Å². The largest absolute Gasteiger partial charge is 0.385 e. The highest BCUT2D eigenvalue weighted by molar-refractivity contribution is 7.89.